The number of allylic oxidation sites excluding steroid dienone is 2. The van der Waals surface area contributed by atoms with E-state index in [-0.39, 0.29) is 22.3 Å². The summed E-state index contributed by atoms with van der Waals surface area (Å²) in [4.78, 5) is 20.6. The summed E-state index contributed by atoms with van der Waals surface area (Å²) in [5, 5.41) is 26.6. The standard InChI is InChI=1S/C34H30F6N4O6/c35-33(36,37)31(18-25(43(45)46)9-11-41-31)49-27-5-1-23(2-6-27)29-14-21-13-22(15-29)17-30(16-21,20-29)24-3-7-28(8-4-24)50-32(34(38,39)40)19-26(44(47)48)10-12-42-32/h1-12,18-19,21-22,41-42H,13-17,20H2. The fraction of sp³-hybridized carbons (Fsp3) is 0.412. The predicted octanol–water partition coefficient (Wildman–Crippen LogP) is 7.31. The van der Waals surface area contributed by atoms with E-state index in [4.69, 9.17) is 9.47 Å². The Morgan fingerprint density at radius 3 is 1.32 bits per heavy atom. The van der Waals surface area contributed by atoms with Crippen molar-refractivity contribution in [1.82, 2.24) is 10.6 Å². The minimum absolute atomic E-state index is 0.136. The van der Waals surface area contributed by atoms with Gasteiger partial charge < -0.3 is 20.1 Å². The van der Waals surface area contributed by atoms with Crippen LogP contribution in [0.25, 0.3) is 0 Å². The van der Waals surface area contributed by atoms with E-state index < -0.39 is 45.0 Å². The Kier molecular flexibility index (Phi) is 7.53. The molecule has 2 aliphatic heterocycles. The van der Waals surface area contributed by atoms with E-state index in [1.165, 1.54) is 24.3 Å². The number of ether oxygens (including phenoxy) is 2. The summed E-state index contributed by atoms with van der Waals surface area (Å²) in [6.07, 6.45) is -0.547. The van der Waals surface area contributed by atoms with Gasteiger partial charge in [-0.15, -0.1) is 0 Å². The topological polar surface area (TPSA) is 129 Å². The highest BCUT2D eigenvalue weighted by atomic mass is 19.4. The maximum Gasteiger partial charge on any atom is 0.453 e. The van der Waals surface area contributed by atoms with Crippen LogP contribution in [0.2, 0.25) is 0 Å². The second-order valence-corrected chi connectivity index (χ2v) is 13.8. The molecule has 8 rings (SSSR count). The monoisotopic (exact) mass is 704 g/mol. The molecule has 6 aliphatic rings. The van der Waals surface area contributed by atoms with Gasteiger partial charge in [-0.2, -0.15) is 26.3 Å². The molecular weight excluding hydrogens is 674 g/mol. The number of nitrogens with zero attached hydrogens (tertiary/aromatic N) is 2. The van der Waals surface area contributed by atoms with Gasteiger partial charge in [0.05, 0.1) is 22.0 Å². The van der Waals surface area contributed by atoms with Crippen molar-refractivity contribution in [2.75, 3.05) is 0 Å². The average Bonchev–Trinajstić information content (AvgIpc) is 3.04. The van der Waals surface area contributed by atoms with Gasteiger partial charge in [0.1, 0.15) is 11.5 Å². The molecule has 0 radical (unpaired) electrons. The van der Waals surface area contributed by atoms with E-state index in [0.717, 1.165) is 74.2 Å². The fourth-order valence-electron chi connectivity index (χ4n) is 8.95. The van der Waals surface area contributed by atoms with Gasteiger partial charge in [0.2, 0.25) is 0 Å². The molecule has 0 spiro atoms. The largest absolute Gasteiger partial charge is 0.455 e. The van der Waals surface area contributed by atoms with Gasteiger partial charge in [-0.05, 0) is 96.6 Å². The van der Waals surface area contributed by atoms with Crippen LogP contribution in [0.15, 0.2) is 96.6 Å². The number of nitrogens with one attached hydrogen (secondary N) is 2. The minimum Gasteiger partial charge on any atom is -0.455 e. The molecule has 2 aromatic rings. The Hall–Kier alpha value is -5.02. The zero-order valence-corrected chi connectivity index (χ0v) is 26.1. The number of dihydropyridines is 2. The van der Waals surface area contributed by atoms with Crippen LogP contribution >= 0.6 is 0 Å². The molecule has 264 valence electrons. The first kappa shape index (κ1) is 33.5. The lowest BCUT2D eigenvalue weighted by Gasteiger charge is -2.62. The van der Waals surface area contributed by atoms with Crippen LogP contribution in [0, 0.1) is 32.1 Å². The first-order valence-corrected chi connectivity index (χ1v) is 15.8. The Balaban J connectivity index is 1.14. The van der Waals surface area contributed by atoms with E-state index in [0.29, 0.717) is 24.0 Å². The normalized spacial score (nSPS) is 32.8. The third kappa shape index (κ3) is 5.54. The number of benzene rings is 2. The second-order valence-electron chi connectivity index (χ2n) is 13.8. The van der Waals surface area contributed by atoms with Crippen molar-refractivity contribution < 1.29 is 45.7 Å². The van der Waals surface area contributed by atoms with E-state index in [1.807, 2.05) is 0 Å². The number of alkyl halides is 6. The zero-order chi connectivity index (χ0) is 35.7. The molecule has 0 amide bonds. The minimum atomic E-state index is -5.03. The van der Waals surface area contributed by atoms with Gasteiger partial charge in [0, 0.05) is 24.6 Å². The van der Waals surface area contributed by atoms with Crippen molar-refractivity contribution in [3.05, 3.63) is 128 Å². The maximum atomic E-state index is 14.2. The van der Waals surface area contributed by atoms with Gasteiger partial charge in [-0.25, -0.2) is 0 Å². The van der Waals surface area contributed by atoms with Gasteiger partial charge in [-0.3, -0.25) is 20.2 Å². The molecule has 2 aromatic carbocycles. The first-order chi connectivity index (χ1) is 23.5. The highest BCUT2D eigenvalue weighted by Crippen LogP contribution is 2.66. The molecule has 16 heteroatoms. The fourth-order valence-corrected chi connectivity index (χ4v) is 8.95. The SMILES string of the molecule is O=[N+]([O-])C1=CC(Oc2ccc(C34CC5CC(C3)CC(c3ccc(OC6(C(F)(F)F)C=C([N+](=O)[O-])C=CN6)cc3)(C5)C4)cc2)(C(F)(F)F)NC=C1. The summed E-state index contributed by atoms with van der Waals surface area (Å²) in [7, 11) is 0. The van der Waals surface area contributed by atoms with Crippen LogP contribution in [-0.2, 0) is 10.8 Å². The number of nitro groups is 2. The van der Waals surface area contributed by atoms with Crippen LogP contribution in [0.5, 0.6) is 11.5 Å². The lowest BCUT2D eigenvalue weighted by Crippen LogP contribution is -2.59. The van der Waals surface area contributed by atoms with Gasteiger partial charge >= 0.3 is 23.8 Å². The lowest BCUT2D eigenvalue weighted by molar-refractivity contribution is -0.421. The second kappa shape index (κ2) is 11.3. The molecule has 2 unspecified atom stereocenters. The summed E-state index contributed by atoms with van der Waals surface area (Å²) in [5.41, 5.74) is -6.54. The van der Waals surface area contributed by atoms with Crippen molar-refractivity contribution >= 4 is 0 Å². The molecule has 2 N–H and O–H groups in total. The summed E-state index contributed by atoms with van der Waals surface area (Å²) in [6, 6.07) is 12.7. The van der Waals surface area contributed by atoms with Crippen LogP contribution in [0.4, 0.5) is 26.3 Å². The molecule has 0 aromatic heterocycles. The van der Waals surface area contributed by atoms with Crippen molar-refractivity contribution in [1.29, 1.82) is 0 Å². The number of rotatable bonds is 8. The molecule has 2 atom stereocenters. The molecule has 10 nitrogen and oxygen atoms in total. The van der Waals surface area contributed by atoms with Gasteiger partial charge in [-0.1, -0.05) is 24.3 Å². The van der Waals surface area contributed by atoms with Crippen LogP contribution in [0.3, 0.4) is 0 Å². The summed E-state index contributed by atoms with van der Waals surface area (Å²) in [6.45, 7) is 0. The van der Waals surface area contributed by atoms with E-state index in [9.17, 15) is 46.6 Å². The number of hydrogen-bond donors (Lipinski definition) is 2. The number of hydrogen-bond acceptors (Lipinski definition) is 8. The van der Waals surface area contributed by atoms with Gasteiger partial charge in [0.15, 0.2) is 0 Å². The Bertz CT molecular complexity index is 1690. The molecular formula is C34H30F6N4O6. The van der Waals surface area contributed by atoms with Crippen molar-refractivity contribution in [3.8, 4) is 11.5 Å². The van der Waals surface area contributed by atoms with Crippen LogP contribution in [-0.4, -0.2) is 33.6 Å². The molecule has 0 saturated heterocycles. The Labute approximate surface area is 280 Å². The zero-order valence-electron chi connectivity index (χ0n) is 26.1. The molecule has 4 fully saturated rings. The third-order valence-corrected chi connectivity index (χ3v) is 10.6. The predicted molar refractivity (Wildman–Crippen MR) is 164 cm³/mol. The van der Waals surface area contributed by atoms with E-state index >= 15 is 0 Å². The summed E-state index contributed by atoms with van der Waals surface area (Å²) in [5.74, 6) is 0.445. The van der Waals surface area contributed by atoms with Crippen LogP contribution in [0.1, 0.15) is 49.7 Å². The molecule has 4 saturated carbocycles. The van der Waals surface area contributed by atoms with Crippen LogP contribution < -0.4 is 20.1 Å². The summed E-state index contributed by atoms with van der Waals surface area (Å²) >= 11 is 0. The quantitative estimate of drug-likeness (QED) is 0.166. The molecule has 2 heterocycles. The van der Waals surface area contributed by atoms with Gasteiger partial charge in [0.25, 0.3) is 11.4 Å². The maximum absolute atomic E-state index is 14.2. The van der Waals surface area contributed by atoms with Crippen molar-refractivity contribution in [3.63, 3.8) is 0 Å². The summed E-state index contributed by atoms with van der Waals surface area (Å²) < 4.78 is 95.8. The highest BCUT2D eigenvalue weighted by Gasteiger charge is 2.61. The van der Waals surface area contributed by atoms with Crippen molar-refractivity contribution in [2.24, 2.45) is 11.8 Å². The molecule has 4 aliphatic carbocycles. The van der Waals surface area contributed by atoms with Crippen molar-refractivity contribution in [2.45, 2.75) is 73.2 Å². The third-order valence-electron chi connectivity index (χ3n) is 10.6. The smallest absolute Gasteiger partial charge is 0.453 e. The Morgan fingerprint density at radius 2 is 1.00 bits per heavy atom. The molecule has 4 bridgehead atoms. The average molecular weight is 705 g/mol. The van der Waals surface area contributed by atoms with E-state index in [2.05, 4.69) is 10.6 Å². The molecule has 50 heavy (non-hydrogen) atoms. The Morgan fingerprint density at radius 1 is 0.640 bits per heavy atom. The lowest BCUT2D eigenvalue weighted by atomic mass is 9.42. The highest BCUT2D eigenvalue weighted by molar-refractivity contribution is 5.42. The number of halogens is 6. The van der Waals surface area contributed by atoms with E-state index in [1.54, 1.807) is 24.3 Å². The first-order valence-electron chi connectivity index (χ1n) is 15.8.